The molecule has 1 aliphatic heterocycles. The predicted octanol–water partition coefficient (Wildman–Crippen LogP) is 5.46. The number of benzene rings is 2. The topological polar surface area (TPSA) is 36.9 Å². The molecule has 2 aromatic carbocycles. The Morgan fingerprint density at radius 1 is 1.10 bits per heavy atom. The monoisotopic (exact) mass is 494 g/mol. The Morgan fingerprint density at radius 2 is 1.68 bits per heavy atom. The van der Waals surface area contributed by atoms with E-state index in [2.05, 4.69) is 50.7 Å². The van der Waals surface area contributed by atoms with Gasteiger partial charge in [-0.25, -0.2) is 0 Å². The summed E-state index contributed by atoms with van der Waals surface area (Å²) in [6, 6.07) is 16.4. The Balaban J connectivity index is 1.58. The molecule has 0 aliphatic carbocycles. The van der Waals surface area contributed by atoms with Crippen molar-refractivity contribution in [2.45, 2.75) is 31.5 Å². The fraction of sp³-hybridized carbons (Fsp3) is 0.391. The third-order valence-electron chi connectivity index (χ3n) is 5.13. The van der Waals surface area contributed by atoms with Crippen LogP contribution < -0.4 is 9.47 Å². The first-order valence-electron chi connectivity index (χ1n) is 9.92. The fourth-order valence-corrected chi connectivity index (χ4v) is 4.52. The molecule has 0 N–H and O–H groups in total. The van der Waals surface area contributed by atoms with Crippen molar-refractivity contribution in [1.29, 1.82) is 0 Å². The third kappa shape index (κ3) is 6.75. The van der Waals surface area contributed by atoms with E-state index < -0.39 is 0 Å². The molecule has 2 unspecified atom stereocenters. The van der Waals surface area contributed by atoms with Crippen LogP contribution in [0.3, 0.4) is 0 Å². The van der Waals surface area contributed by atoms with Gasteiger partial charge in [-0.15, -0.1) is 0 Å². The number of hydrogen-bond acceptors (Lipinski definition) is 8. The lowest BCUT2D eigenvalue weighted by atomic mass is 9.78. The molecular weight excluding hydrogens is 469 g/mol. The van der Waals surface area contributed by atoms with E-state index in [0.29, 0.717) is 23.3 Å². The molecule has 166 valence electrons. The smallest absolute Gasteiger partial charge is 0.220 e. The van der Waals surface area contributed by atoms with Crippen LogP contribution in [-0.2, 0) is 14.9 Å². The average Bonchev–Trinajstić information content (AvgIpc) is 3.21. The molecule has 1 saturated heterocycles. The summed E-state index contributed by atoms with van der Waals surface area (Å²) in [5.74, 6) is 3.00. The van der Waals surface area contributed by atoms with Crippen molar-refractivity contribution in [3.63, 3.8) is 0 Å². The van der Waals surface area contributed by atoms with Gasteiger partial charge in [0.1, 0.15) is 42.5 Å². The number of thioether (sulfide) groups is 1. The van der Waals surface area contributed by atoms with Crippen LogP contribution in [0.15, 0.2) is 48.5 Å². The van der Waals surface area contributed by atoms with Gasteiger partial charge in [0.15, 0.2) is 0 Å². The normalized spacial score (nSPS) is 17.0. The van der Waals surface area contributed by atoms with E-state index in [1.165, 1.54) is 16.7 Å². The molecule has 0 bridgehead atoms. The van der Waals surface area contributed by atoms with Gasteiger partial charge in [0, 0.05) is 16.9 Å². The number of hydrogen-bond donors (Lipinski definition) is 1. The summed E-state index contributed by atoms with van der Waals surface area (Å²) >= 11 is 15.6. The molecule has 0 radical (unpaired) electrons. The first-order chi connectivity index (χ1) is 14.9. The van der Waals surface area contributed by atoms with Gasteiger partial charge in [0.05, 0.1) is 0 Å². The lowest BCUT2D eigenvalue weighted by Crippen LogP contribution is -2.23. The average molecular weight is 495 g/mol. The molecule has 0 amide bonds. The first kappa shape index (κ1) is 24.2. The van der Waals surface area contributed by atoms with Crippen molar-refractivity contribution in [2.24, 2.45) is 0 Å². The minimum absolute atomic E-state index is 0.0264. The molecule has 1 aliphatic rings. The Morgan fingerprint density at radius 3 is 2.16 bits per heavy atom. The van der Waals surface area contributed by atoms with Gasteiger partial charge in [-0.2, -0.15) is 12.6 Å². The molecule has 1 heterocycles. The standard InChI is InChI=1S/C23H26O4S4/c1-23(2,16-3-7-18(8-4-16)24-11-20(13-28)26-15-29)17-5-9-19(10-6-17)25-12-21-14-31-22(30)27-21/h3-10,15,20-21,28H,11-14H2,1-2H3. The zero-order valence-electron chi connectivity index (χ0n) is 17.5. The summed E-state index contributed by atoms with van der Waals surface area (Å²) in [7, 11) is 0. The van der Waals surface area contributed by atoms with Crippen molar-refractivity contribution in [3.8, 4) is 11.5 Å². The highest BCUT2D eigenvalue weighted by molar-refractivity contribution is 8.22. The first-order valence-corrected chi connectivity index (χ1v) is 12.4. The van der Waals surface area contributed by atoms with Crippen LogP contribution in [0.2, 0.25) is 0 Å². The molecule has 3 rings (SSSR count). The van der Waals surface area contributed by atoms with Crippen LogP contribution in [0.5, 0.6) is 11.5 Å². The lowest BCUT2D eigenvalue weighted by molar-refractivity contribution is 0.147. The second-order valence-electron chi connectivity index (χ2n) is 7.63. The van der Waals surface area contributed by atoms with Crippen molar-refractivity contribution in [2.75, 3.05) is 24.7 Å². The van der Waals surface area contributed by atoms with Crippen LogP contribution in [0, 0.1) is 0 Å². The van der Waals surface area contributed by atoms with Crippen molar-refractivity contribution >= 4 is 58.8 Å². The van der Waals surface area contributed by atoms with Gasteiger partial charge in [-0.1, -0.05) is 49.9 Å². The Hall–Kier alpha value is -1.48. The maximum absolute atomic E-state index is 5.86. The van der Waals surface area contributed by atoms with Crippen molar-refractivity contribution in [3.05, 3.63) is 59.7 Å². The van der Waals surface area contributed by atoms with Gasteiger partial charge in [0.2, 0.25) is 4.38 Å². The second-order valence-corrected chi connectivity index (χ2v) is 9.81. The zero-order valence-corrected chi connectivity index (χ0v) is 20.8. The van der Waals surface area contributed by atoms with Crippen LogP contribution in [0.4, 0.5) is 0 Å². The van der Waals surface area contributed by atoms with E-state index >= 15 is 0 Å². The van der Waals surface area contributed by atoms with Crippen LogP contribution >= 0.6 is 48.8 Å². The SMILES string of the molecule is CC(C)(c1ccc(OCC(CS)OC=S)cc1)c1ccc(OCC2CSC(=S)O2)cc1. The van der Waals surface area contributed by atoms with Gasteiger partial charge in [0.25, 0.3) is 0 Å². The molecule has 31 heavy (non-hydrogen) atoms. The van der Waals surface area contributed by atoms with E-state index in [1.807, 2.05) is 24.3 Å². The number of thiocarbonyl (C=S) groups is 2. The fourth-order valence-electron chi connectivity index (χ4n) is 3.14. The highest BCUT2D eigenvalue weighted by Gasteiger charge is 2.24. The van der Waals surface area contributed by atoms with E-state index in [4.69, 9.17) is 43.4 Å². The number of ether oxygens (including phenoxy) is 4. The Bertz CT molecular complexity index is 817. The lowest BCUT2D eigenvalue weighted by Gasteiger charge is -2.26. The van der Waals surface area contributed by atoms with Gasteiger partial charge >= 0.3 is 0 Å². The molecule has 2 atom stereocenters. The zero-order chi connectivity index (χ0) is 22.3. The molecular formula is C23H26O4S4. The maximum atomic E-state index is 5.86. The third-order valence-corrected chi connectivity index (χ3v) is 6.96. The predicted molar refractivity (Wildman–Crippen MR) is 138 cm³/mol. The van der Waals surface area contributed by atoms with Crippen LogP contribution in [-0.4, -0.2) is 46.9 Å². The van der Waals surface area contributed by atoms with E-state index in [1.54, 1.807) is 11.8 Å². The van der Waals surface area contributed by atoms with E-state index in [9.17, 15) is 0 Å². The Labute approximate surface area is 204 Å². The maximum Gasteiger partial charge on any atom is 0.220 e. The highest BCUT2D eigenvalue weighted by atomic mass is 32.2. The molecule has 0 saturated carbocycles. The summed E-state index contributed by atoms with van der Waals surface area (Å²) in [5, 5.41) is 0. The summed E-state index contributed by atoms with van der Waals surface area (Å²) in [4.78, 5) is 0. The highest BCUT2D eigenvalue weighted by Crippen LogP contribution is 2.33. The minimum atomic E-state index is -0.164. The molecule has 4 nitrogen and oxygen atoms in total. The summed E-state index contributed by atoms with van der Waals surface area (Å²) in [5.41, 5.74) is 3.48. The van der Waals surface area contributed by atoms with E-state index in [-0.39, 0.29) is 17.6 Å². The molecule has 0 aromatic heterocycles. The molecule has 0 spiro atoms. The molecule has 8 heteroatoms. The molecule has 2 aromatic rings. The van der Waals surface area contributed by atoms with Crippen molar-refractivity contribution < 1.29 is 18.9 Å². The largest absolute Gasteiger partial charge is 0.490 e. The van der Waals surface area contributed by atoms with Gasteiger partial charge < -0.3 is 18.9 Å². The summed E-state index contributed by atoms with van der Waals surface area (Å²) in [6.45, 7) is 5.30. The van der Waals surface area contributed by atoms with E-state index in [0.717, 1.165) is 17.3 Å². The number of rotatable bonds is 11. The number of thiol groups is 1. The Kier molecular flexibility index (Phi) is 8.89. The molecule has 1 fully saturated rings. The van der Waals surface area contributed by atoms with Gasteiger partial charge in [-0.05, 0) is 59.8 Å². The second kappa shape index (κ2) is 11.4. The van der Waals surface area contributed by atoms with Crippen LogP contribution in [0.25, 0.3) is 0 Å². The van der Waals surface area contributed by atoms with Crippen molar-refractivity contribution in [1.82, 2.24) is 0 Å². The summed E-state index contributed by atoms with van der Waals surface area (Å²) in [6.07, 6.45) is -0.133. The van der Waals surface area contributed by atoms with Crippen LogP contribution in [0.1, 0.15) is 25.0 Å². The van der Waals surface area contributed by atoms with Gasteiger partial charge in [-0.3, -0.25) is 0 Å². The quantitative estimate of drug-likeness (QED) is 0.328. The summed E-state index contributed by atoms with van der Waals surface area (Å²) < 4.78 is 23.1. The minimum Gasteiger partial charge on any atom is -0.490 e.